The highest BCUT2D eigenvalue weighted by Gasteiger charge is 2.13. The van der Waals surface area contributed by atoms with E-state index in [0.29, 0.717) is 22.7 Å². The second kappa shape index (κ2) is 3.53. The molecule has 2 N–H and O–H groups in total. The van der Waals surface area contributed by atoms with Gasteiger partial charge >= 0.3 is 0 Å². The number of pyridine rings is 1. The van der Waals surface area contributed by atoms with E-state index in [2.05, 4.69) is 10.1 Å². The van der Waals surface area contributed by atoms with Crippen molar-refractivity contribution in [3.63, 3.8) is 0 Å². The number of hydrogen-bond acceptors (Lipinski definition) is 4. The number of amides is 1. The van der Waals surface area contributed by atoms with Gasteiger partial charge in [0.05, 0.1) is 5.56 Å². The van der Waals surface area contributed by atoms with Gasteiger partial charge in [-0.1, -0.05) is 5.16 Å². The van der Waals surface area contributed by atoms with Gasteiger partial charge in [0.2, 0.25) is 0 Å². The maximum absolute atomic E-state index is 11.1. The highest BCUT2D eigenvalue weighted by atomic mass is 16.5. The Bertz CT molecular complexity index is 505. The molecule has 0 saturated heterocycles. The lowest BCUT2D eigenvalue weighted by atomic mass is 10.1. The minimum atomic E-state index is -0.529. The monoisotopic (exact) mass is 203 g/mol. The third-order valence-corrected chi connectivity index (χ3v) is 1.94. The molecule has 2 heterocycles. The number of aromatic nitrogens is 2. The predicted octanol–water partition coefficient (Wildman–Crippen LogP) is 1.14. The van der Waals surface area contributed by atoms with E-state index in [4.69, 9.17) is 10.3 Å². The average molecular weight is 203 g/mol. The van der Waals surface area contributed by atoms with Crippen LogP contribution in [0, 0.1) is 6.92 Å². The molecule has 2 aromatic heterocycles. The Labute approximate surface area is 85.9 Å². The Morgan fingerprint density at radius 2 is 2.33 bits per heavy atom. The molecule has 15 heavy (non-hydrogen) atoms. The Kier molecular flexibility index (Phi) is 2.21. The molecule has 0 saturated carbocycles. The average Bonchev–Trinajstić information content (AvgIpc) is 2.65. The van der Waals surface area contributed by atoms with Crippen molar-refractivity contribution in [3.05, 3.63) is 35.7 Å². The molecule has 0 unspecified atom stereocenters. The van der Waals surface area contributed by atoms with Crippen molar-refractivity contribution in [2.75, 3.05) is 0 Å². The third-order valence-electron chi connectivity index (χ3n) is 1.94. The van der Waals surface area contributed by atoms with Crippen LogP contribution in [0.3, 0.4) is 0 Å². The first kappa shape index (κ1) is 9.39. The van der Waals surface area contributed by atoms with E-state index in [1.165, 1.54) is 0 Å². The summed E-state index contributed by atoms with van der Waals surface area (Å²) in [5.41, 5.74) is 6.52. The SMILES string of the molecule is Cc1cc(-c2ncccc2C(N)=O)no1. The van der Waals surface area contributed by atoms with Crippen LogP contribution in [0.2, 0.25) is 0 Å². The Morgan fingerprint density at radius 1 is 1.53 bits per heavy atom. The quantitative estimate of drug-likeness (QED) is 0.793. The molecule has 0 aromatic carbocycles. The lowest BCUT2D eigenvalue weighted by Crippen LogP contribution is -2.13. The summed E-state index contributed by atoms with van der Waals surface area (Å²) in [6, 6.07) is 4.96. The topological polar surface area (TPSA) is 82.0 Å². The zero-order valence-electron chi connectivity index (χ0n) is 8.10. The zero-order valence-corrected chi connectivity index (χ0v) is 8.10. The third kappa shape index (κ3) is 1.71. The van der Waals surface area contributed by atoms with Crippen LogP contribution in [-0.2, 0) is 0 Å². The summed E-state index contributed by atoms with van der Waals surface area (Å²) in [7, 11) is 0. The van der Waals surface area contributed by atoms with Crippen molar-refractivity contribution in [1.82, 2.24) is 10.1 Å². The maximum Gasteiger partial charge on any atom is 0.250 e. The first-order valence-electron chi connectivity index (χ1n) is 4.37. The van der Waals surface area contributed by atoms with Gasteiger partial charge in [0, 0.05) is 12.3 Å². The van der Waals surface area contributed by atoms with Gasteiger partial charge in [-0.3, -0.25) is 9.78 Å². The van der Waals surface area contributed by atoms with Gasteiger partial charge in [0.25, 0.3) is 5.91 Å². The van der Waals surface area contributed by atoms with Crippen molar-refractivity contribution in [2.24, 2.45) is 5.73 Å². The summed E-state index contributed by atoms with van der Waals surface area (Å²) in [5, 5.41) is 3.78. The molecular formula is C10H9N3O2. The number of rotatable bonds is 2. The van der Waals surface area contributed by atoms with E-state index < -0.39 is 5.91 Å². The van der Waals surface area contributed by atoms with E-state index in [1.54, 1.807) is 31.3 Å². The largest absolute Gasteiger partial charge is 0.366 e. The second-order valence-corrected chi connectivity index (χ2v) is 3.09. The zero-order chi connectivity index (χ0) is 10.8. The number of hydrogen-bond donors (Lipinski definition) is 1. The van der Waals surface area contributed by atoms with Crippen molar-refractivity contribution >= 4 is 5.91 Å². The summed E-state index contributed by atoms with van der Waals surface area (Å²) in [4.78, 5) is 15.2. The van der Waals surface area contributed by atoms with E-state index in [-0.39, 0.29) is 0 Å². The highest BCUT2D eigenvalue weighted by Crippen LogP contribution is 2.19. The van der Waals surface area contributed by atoms with Gasteiger partial charge in [-0.15, -0.1) is 0 Å². The molecule has 0 aliphatic heterocycles. The maximum atomic E-state index is 11.1. The van der Waals surface area contributed by atoms with Gasteiger partial charge in [-0.25, -0.2) is 0 Å². The normalized spacial score (nSPS) is 10.2. The molecule has 5 nitrogen and oxygen atoms in total. The molecule has 0 aliphatic rings. The Balaban J connectivity index is 2.57. The molecule has 0 atom stereocenters. The Hall–Kier alpha value is -2.17. The van der Waals surface area contributed by atoms with Crippen LogP contribution in [-0.4, -0.2) is 16.0 Å². The summed E-state index contributed by atoms with van der Waals surface area (Å²) in [5.74, 6) is 0.129. The molecule has 5 heteroatoms. The van der Waals surface area contributed by atoms with Crippen LogP contribution in [0.1, 0.15) is 16.1 Å². The fourth-order valence-electron chi connectivity index (χ4n) is 1.29. The van der Waals surface area contributed by atoms with Crippen molar-refractivity contribution in [1.29, 1.82) is 0 Å². The highest BCUT2D eigenvalue weighted by molar-refractivity contribution is 5.98. The van der Waals surface area contributed by atoms with Crippen molar-refractivity contribution in [2.45, 2.75) is 6.92 Å². The molecule has 0 fully saturated rings. The van der Waals surface area contributed by atoms with Crippen molar-refractivity contribution in [3.8, 4) is 11.4 Å². The van der Waals surface area contributed by atoms with Gasteiger partial charge in [0.1, 0.15) is 17.1 Å². The fraction of sp³-hybridized carbons (Fsp3) is 0.100. The lowest BCUT2D eigenvalue weighted by Gasteiger charge is -2.00. The molecular weight excluding hydrogens is 194 g/mol. The van der Waals surface area contributed by atoms with Gasteiger partial charge in [0.15, 0.2) is 0 Å². The van der Waals surface area contributed by atoms with Crippen LogP contribution >= 0.6 is 0 Å². The van der Waals surface area contributed by atoms with E-state index in [9.17, 15) is 4.79 Å². The molecule has 2 aromatic rings. The number of nitrogens with two attached hydrogens (primary N) is 1. The summed E-state index contributed by atoms with van der Waals surface area (Å²) in [6.07, 6.45) is 1.58. The number of carbonyl (C=O) groups is 1. The first-order chi connectivity index (χ1) is 7.18. The second-order valence-electron chi connectivity index (χ2n) is 3.09. The van der Waals surface area contributed by atoms with Crippen LogP contribution in [0.15, 0.2) is 28.9 Å². The summed E-state index contributed by atoms with van der Waals surface area (Å²) in [6.45, 7) is 1.77. The van der Waals surface area contributed by atoms with Gasteiger partial charge in [-0.05, 0) is 19.1 Å². The summed E-state index contributed by atoms with van der Waals surface area (Å²) >= 11 is 0. The minimum absolute atomic E-state index is 0.339. The number of primary amides is 1. The van der Waals surface area contributed by atoms with Gasteiger partial charge < -0.3 is 10.3 Å². The van der Waals surface area contributed by atoms with E-state index in [1.807, 2.05) is 0 Å². The summed E-state index contributed by atoms with van der Waals surface area (Å²) < 4.78 is 4.91. The molecule has 0 radical (unpaired) electrons. The van der Waals surface area contributed by atoms with Crippen LogP contribution in [0.25, 0.3) is 11.4 Å². The van der Waals surface area contributed by atoms with E-state index in [0.717, 1.165) is 0 Å². The first-order valence-corrected chi connectivity index (χ1v) is 4.37. The molecule has 0 bridgehead atoms. The predicted molar refractivity (Wildman–Crippen MR) is 53.0 cm³/mol. The molecule has 0 spiro atoms. The van der Waals surface area contributed by atoms with Crippen LogP contribution < -0.4 is 5.73 Å². The van der Waals surface area contributed by atoms with Crippen molar-refractivity contribution < 1.29 is 9.32 Å². The lowest BCUT2D eigenvalue weighted by molar-refractivity contribution is 0.100. The smallest absolute Gasteiger partial charge is 0.250 e. The van der Waals surface area contributed by atoms with Gasteiger partial charge in [-0.2, -0.15) is 0 Å². The van der Waals surface area contributed by atoms with Crippen LogP contribution in [0.5, 0.6) is 0 Å². The fourth-order valence-corrected chi connectivity index (χ4v) is 1.29. The number of nitrogens with zero attached hydrogens (tertiary/aromatic N) is 2. The number of carbonyl (C=O) groups excluding carboxylic acids is 1. The van der Waals surface area contributed by atoms with Crippen LogP contribution in [0.4, 0.5) is 0 Å². The molecule has 0 aliphatic carbocycles. The molecule has 2 rings (SSSR count). The number of aryl methyl sites for hydroxylation is 1. The Morgan fingerprint density at radius 3 is 2.93 bits per heavy atom. The standard InChI is InChI=1S/C10H9N3O2/c1-6-5-8(13-15-6)9-7(10(11)14)3-2-4-12-9/h2-5H,1H3,(H2,11,14). The molecule has 76 valence electrons. The minimum Gasteiger partial charge on any atom is -0.366 e. The molecule has 1 amide bonds. The van der Waals surface area contributed by atoms with E-state index >= 15 is 0 Å².